The van der Waals surface area contributed by atoms with E-state index in [-0.39, 0.29) is 5.56 Å². The SMILES string of the molecule is CCCC/C=C/[C@@H](O)c1cccc(C(F)(F)F)c1. The molecule has 0 heterocycles. The van der Waals surface area contributed by atoms with E-state index in [9.17, 15) is 18.3 Å². The Hall–Kier alpha value is -1.29. The maximum atomic E-state index is 12.5. The van der Waals surface area contributed by atoms with E-state index in [2.05, 4.69) is 6.92 Å². The molecule has 1 nitrogen and oxygen atoms in total. The Labute approximate surface area is 105 Å². The monoisotopic (exact) mass is 258 g/mol. The van der Waals surface area contributed by atoms with Crippen LogP contribution >= 0.6 is 0 Å². The van der Waals surface area contributed by atoms with Gasteiger partial charge in [0.15, 0.2) is 0 Å². The van der Waals surface area contributed by atoms with Gasteiger partial charge in [-0.2, -0.15) is 13.2 Å². The Balaban J connectivity index is 2.74. The number of unbranched alkanes of at least 4 members (excludes halogenated alkanes) is 2. The molecule has 1 N–H and O–H groups in total. The van der Waals surface area contributed by atoms with Crippen LogP contribution in [0.5, 0.6) is 0 Å². The number of aliphatic hydroxyl groups excluding tert-OH is 1. The molecule has 0 saturated heterocycles. The van der Waals surface area contributed by atoms with Crippen LogP contribution in [0.1, 0.15) is 43.4 Å². The van der Waals surface area contributed by atoms with Crippen LogP contribution in [-0.2, 0) is 6.18 Å². The molecule has 0 saturated carbocycles. The van der Waals surface area contributed by atoms with E-state index in [4.69, 9.17) is 0 Å². The minimum atomic E-state index is -4.37. The predicted octanol–water partition coefficient (Wildman–Crippen LogP) is 4.49. The number of rotatable bonds is 5. The molecule has 0 aliphatic carbocycles. The first kappa shape index (κ1) is 14.8. The Morgan fingerprint density at radius 1 is 1.33 bits per heavy atom. The first-order valence-corrected chi connectivity index (χ1v) is 5.97. The lowest BCUT2D eigenvalue weighted by Gasteiger charge is -2.10. The maximum absolute atomic E-state index is 12.5. The normalized spacial score (nSPS) is 14.1. The summed E-state index contributed by atoms with van der Waals surface area (Å²) in [5.74, 6) is 0. The average molecular weight is 258 g/mol. The number of halogens is 3. The van der Waals surface area contributed by atoms with Crippen LogP contribution < -0.4 is 0 Å². The van der Waals surface area contributed by atoms with Crippen LogP contribution in [0.3, 0.4) is 0 Å². The molecule has 18 heavy (non-hydrogen) atoms. The molecule has 0 aliphatic rings. The lowest BCUT2D eigenvalue weighted by molar-refractivity contribution is -0.137. The fourth-order valence-corrected chi connectivity index (χ4v) is 1.56. The molecular formula is C14H17F3O. The van der Waals surface area contributed by atoms with Crippen molar-refractivity contribution < 1.29 is 18.3 Å². The minimum absolute atomic E-state index is 0.262. The van der Waals surface area contributed by atoms with Gasteiger partial charge in [0.05, 0.1) is 11.7 Å². The van der Waals surface area contributed by atoms with Crippen LogP contribution in [-0.4, -0.2) is 5.11 Å². The summed E-state index contributed by atoms with van der Waals surface area (Å²) in [4.78, 5) is 0. The van der Waals surface area contributed by atoms with Gasteiger partial charge in [0.2, 0.25) is 0 Å². The summed E-state index contributed by atoms with van der Waals surface area (Å²) in [5.41, 5.74) is -0.474. The highest BCUT2D eigenvalue weighted by Gasteiger charge is 2.30. The Kier molecular flexibility index (Phi) is 5.41. The van der Waals surface area contributed by atoms with Gasteiger partial charge in [0.25, 0.3) is 0 Å². The second kappa shape index (κ2) is 6.59. The third-order valence-corrected chi connectivity index (χ3v) is 2.60. The first-order valence-electron chi connectivity index (χ1n) is 5.97. The van der Waals surface area contributed by atoms with Crippen molar-refractivity contribution in [3.63, 3.8) is 0 Å². The average Bonchev–Trinajstić information content (AvgIpc) is 2.33. The summed E-state index contributed by atoms with van der Waals surface area (Å²) < 4.78 is 37.5. The van der Waals surface area contributed by atoms with Crippen molar-refractivity contribution >= 4 is 0 Å². The smallest absolute Gasteiger partial charge is 0.384 e. The maximum Gasteiger partial charge on any atom is 0.416 e. The summed E-state index contributed by atoms with van der Waals surface area (Å²) >= 11 is 0. The summed E-state index contributed by atoms with van der Waals surface area (Å²) in [6.45, 7) is 2.05. The predicted molar refractivity (Wildman–Crippen MR) is 65.1 cm³/mol. The summed E-state index contributed by atoms with van der Waals surface area (Å²) in [6.07, 6.45) is 0.855. The van der Waals surface area contributed by atoms with Gasteiger partial charge in [-0.05, 0) is 24.1 Å². The lowest BCUT2D eigenvalue weighted by atomic mass is 10.0. The fourth-order valence-electron chi connectivity index (χ4n) is 1.56. The molecular weight excluding hydrogens is 241 g/mol. The Bertz CT molecular complexity index is 396. The summed E-state index contributed by atoms with van der Waals surface area (Å²) in [7, 11) is 0. The first-order chi connectivity index (χ1) is 8.45. The van der Waals surface area contributed by atoms with E-state index in [1.807, 2.05) is 0 Å². The molecule has 1 aromatic rings. The van der Waals surface area contributed by atoms with E-state index < -0.39 is 17.8 Å². The molecule has 0 aromatic heterocycles. The third-order valence-electron chi connectivity index (χ3n) is 2.60. The van der Waals surface area contributed by atoms with E-state index in [1.165, 1.54) is 18.2 Å². The van der Waals surface area contributed by atoms with Gasteiger partial charge in [0, 0.05) is 0 Å². The number of benzene rings is 1. The molecule has 0 aliphatic heterocycles. The molecule has 1 atom stereocenters. The van der Waals surface area contributed by atoms with E-state index >= 15 is 0 Å². The van der Waals surface area contributed by atoms with Crippen molar-refractivity contribution in [1.29, 1.82) is 0 Å². The molecule has 0 radical (unpaired) electrons. The van der Waals surface area contributed by atoms with Crippen molar-refractivity contribution in [3.05, 3.63) is 47.5 Å². The molecule has 1 aromatic carbocycles. The van der Waals surface area contributed by atoms with Gasteiger partial charge in [-0.3, -0.25) is 0 Å². The van der Waals surface area contributed by atoms with Gasteiger partial charge in [-0.15, -0.1) is 0 Å². The van der Waals surface area contributed by atoms with Crippen LogP contribution in [0.2, 0.25) is 0 Å². The van der Waals surface area contributed by atoms with Crippen molar-refractivity contribution in [2.75, 3.05) is 0 Å². The number of hydrogen-bond donors (Lipinski definition) is 1. The largest absolute Gasteiger partial charge is 0.416 e. The lowest BCUT2D eigenvalue weighted by Crippen LogP contribution is -2.06. The van der Waals surface area contributed by atoms with Crippen LogP contribution in [0.15, 0.2) is 36.4 Å². The third kappa shape index (κ3) is 4.53. The highest BCUT2D eigenvalue weighted by atomic mass is 19.4. The van der Waals surface area contributed by atoms with Gasteiger partial charge >= 0.3 is 6.18 Å². The van der Waals surface area contributed by atoms with Gasteiger partial charge in [-0.1, -0.05) is 44.1 Å². The second-order valence-electron chi connectivity index (χ2n) is 4.14. The van der Waals surface area contributed by atoms with Crippen LogP contribution in [0.4, 0.5) is 13.2 Å². The van der Waals surface area contributed by atoms with E-state index in [0.29, 0.717) is 0 Å². The molecule has 4 heteroatoms. The highest BCUT2D eigenvalue weighted by Crippen LogP contribution is 2.30. The molecule has 0 unspecified atom stereocenters. The van der Waals surface area contributed by atoms with Crippen LogP contribution in [0.25, 0.3) is 0 Å². The van der Waals surface area contributed by atoms with Gasteiger partial charge in [0.1, 0.15) is 0 Å². The molecule has 1 rings (SSSR count). The number of hydrogen-bond acceptors (Lipinski definition) is 1. The van der Waals surface area contributed by atoms with E-state index in [0.717, 1.165) is 31.4 Å². The Morgan fingerprint density at radius 3 is 2.67 bits per heavy atom. The van der Waals surface area contributed by atoms with Crippen molar-refractivity contribution in [3.8, 4) is 0 Å². The van der Waals surface area contributed by atoms with Crippen molar-refractivity contribution in [2.45, 2.75) is 38.5 Å². The second-order valence-corrected chi connectivity index (χ2v) is 4.14. The van der Waals surface area contributed by atoms with Gasteiger partial charge in [-0.25, -0.2) is 0 Å². The van der Waals surface area contributed by atoms with Gasteiger partial charge < -0.3 is 5.11 Å². The highest BCUT2D eigenvalue weighted by molar-refractivity contribution is 5.29. The Morgan fingerprint density at radius 2 is 2.06 bits per heavy atom. The minimum Gasteiger partial charge on any atom is -0.384 e. The fraction of sp³-hybridized carbons (Fsp3) is 0.429. The van der Waals surface area contributed by atoms with Crippen LogP contribution in [0, 0.1) is 0 Å². The number of aliphatic hydroxyl groups is 1. The van der Waals surface area contributed by atoms with E-state index in [1.54, 1.807) is 6.08 Å². The zero-order valence-electron chi connectivity index (χ0n) is 10.2. The van der Waals surface area contributed by atoms with Crippen molar-refractivity contribution in [2.24, 2.45) is 0 Å². The number of allylic oxidation sites excluding steroid dienone is 1. The molecule has 0 fully saturated rings. The van der Waals surface area contributed by atoms with Crippen molar-refractivity contribution in [1.82, 2.24) is 0 Å². The zero-order chi connectivity index (χ0) is 13.6. The zero-order valence-corrected chi connectivity index (χ0v) is 10.2. The standard InChI is InChI=1S/C14H17F3O/c1-2-3-4-5-9-13(18)11-7-6-8-12(10-11)14(15,16)17/h5-10,13,18H,2-4H2,1H3/b9-5+/t13-/m1/s1. The topological polar surface area (TPSA) is 20.2 Å². The number of alkyl halides is 3. The molecule has 0 bridgehead atoms. The quantitative estimate of drug-likeness (QED) is 0.609. The molecule has 100 valence electrons. The summed E-state index contributed by atoms with van der Waals surface area (Å²) in [5, 5.41) is 9.76. The summed E-state index contributed by atoms with van der Waals surface area (Å²) in [6, 6.07) is 4.77. The molecule has 0 spiro atoms. The molecule has 0 amide bonds.